The Bertz CT molecular complexity index is 1190. The Morgan fingerprint density at radius 2 is 1.76 bits per heavy atom. The van der Waals surface area contributed by atoms with Crippen LogP contribution in [-0.2, 0) is 9.59 Å². The van der Waals surface area contributed by atoms with Crippen LogP contribution in [0, 0.1) is 0 Å². The van der Waals surface area contributed by atoms with E-state index in [0.29, 0.717) is 29.2 Å². The summed E-state index contributed by atoms with van der Waals surface area (Å²) in [5, 5.41) is 11.2. The molecule has 1 saturated heterocycles. The average molecular weight is 444 g/mol. The van der Waals surface area contributed by atoms with Gasteiger partial charge in [0, 0.05) is 43.4 Å². The lowest BCUT2D eigenvalue weighted by Crippen LogP contribution is -2.29. The lowest BCUT2D eigenvalue weighted by molar-refractivity contribution is -0.132. The fourth-order valence-electron chi connectivity index (χ4n) is 3.89. The Morgan fingerprint density at radius 1 is 1.06 bits per heavy atom. The molecular weight excluding hydrogens is 418 g/mol. The number of aliphatic hydroxyl groups excluding tert-OH is 1. The van der Waals surface area contributed by atoms with Crippen LogP contribution in [0.3, 0.4) is 0 Å². The number of aromatic nitrogens is 1. The van der Waals surface area contributed by atoms with Crippen LogP contribution >= 0.6 is 0 Å². The smallest absolute Gasteiger partial charge is 0.300 e. The van der Waals surface area contributed by atoms with E-state index in [1.165, 1.54) is 4.90 Å². The maximum Gasteiger partial charge on any atom is 0.300 e. The van der Waals surface area contributed by atoms with Crippen molar-refractivity contribution < 1.29 is 19.4 Å². The summed E-state index contributed by atoms with van der Waals surface area (Å²) < 4.78 is 5.46. The molecule has 168 valence electrons. The van der Waals surface area contributed by atoms with Gasteiger partial charge in [0.2, 0.25) is 0 Å². The van der Waals surface area contributed by atoms with E-state index >= 15 is 0 Å². The van der Waals surface area contributed by atoms with Crippen molar-refractivity contribution in [2.45, 2.75) is 13.0 Å². The third-order valence-electron chi connectivity index (χ3n) is 5.53. The van der Waals surface area contributed by atoms with Crippen LogP contribution in [0.4, 0.5) is 11.4 Å². The van der Waals surface area contributed by atoms with E-state index in [9.17, 15) is 14.7 Å². The number of nitrogens with zero attached hydrogens (tertiary/aromatic N) is 3. The van der Waals surface area contributed by atoms with Crippen LogP contribution in [0.25, 0.3) is 5.76 Å². The number of ketones is 1. The maximum atomic E-state index is 13.2. The largest absolute Gasteiger partial charge is 0.507 e. The van der Waals surface area contributed by atoms with Crippen molar-refractivity contribution in [1.29, 1.82) is 0 Å². The first-order valence-corrected chi connectivity index (χ1v) is 10.6. The van der Waals surface area contributed by atoms with Crippen LogP contribution in [0.15, 0.2) is 78.6 Å². The van der Waals surface area contributed by atoms with Gasteiger partial charge >= 0.3 is 0 Å². The molecule has 33 heavy (non-hydrogen) atoms. The van der Waals surface area contributed by atoms with Gasteiger partial charge < -0.3 is 14.7 Å². The second-order valence-corrected chi connectivity index (χ2v) is 7.82. The molecule has 0 radical (unpaired) electrons. The van der Waals surface area contributed by atoms with Gasteiger partial charge in [0.05, 0.1) is 18.2 Å². The molecular formula is C26H25N3O4. The van der Waals surface area contributed by atoms with Gasteiger partial charge in [-0.3, -0.25) is 19.5 Å². The van der Waals surface area contributed by atoms with Gasteiger partial charge in [-0.25, -0.2) is 0 Å². The summed E-state index contributed by atoms with van der Waals surface area (Å²) in [6.07, 6.45) is 3.22. The zero-order valence-electron chi connectivity index (χ0n) is 18.7. The molecule has 0 saturated carbocycles. The van der Waals surface area contributed by atoms with E-state index in [1.54, 1.807) is 60.9 Å². The Morgan fingerprint density at radius 3 is 2.33 bits per heavy atom. The molecule has 7 nitrogen and oxygen atoms in total. The summed E-state index contributed by atoms with van der Waals surface area (Å²) in [7, 11) is 3.85. The molecule has 1 aromatic heterocycles. The van der Waals surface area contributed by atoms with E-state index in [2.05, 4.69) is 4.98 Å². The standard InChI is InChI=1S/C26H25N3O4/c1-4-33-21-13-7-17(8-14-21)24(30)22-23(18-6-5-15-27-16-18)29(26(32)25(22)31)20-11-9-19(10-12-20)28(2)3/h5-16,23,30H,4H2,1-3H3/b24-22+. The van der Waals surface area contributed by atoms with Gasteiger partial charge in [-0.1, -0.05) is 6.07 Å². The predicted molar refractivity (Wildman–Crippen MR) is 127 cm³/mol. The zero-order valence-corrected chi connectivity index (χ0v) is 18.7. The molecule has 2 aromatic carbocycles. The number of benzene rings is 2. The van der Waals surface area contributed by atoms with Crippen LogP contribution in [0.1, 0.15) is 24.1 Å². The molecule has 1 unspecified atom stereocenters. The van der Waals surface area contributed by atoms with Crippen molar-refractivity contribution in [3.8, 4) is 5.75 Å². The summed E-state index contributed by atoms with van der Waals surface area (Å²) >= 11 is 0. The van der Waals surface area contributed by atoms with Crippen LogP contribution in [-0.4, -0.2) is 42.5 Å². The van der Waals surface area contributed by atoms with Crippen LogP contribution in [0.5, 0.6) is 5.75 Å². The fraction of sp³-hybridized carbons (Fsp3) is 0.192. The number of pyridine rings is 1. The Balaban J connectivity index is 1.84. The third kappa shape index (κ3) is 4.17. The molecule has 0 spiro atoms. The number of Topliss-reactive ketones (excluding diaryl/α,β-unsaturated/α-hetero) is 1. The first-order valence-electron chi connectivity index (χ1n) is 10.6. The summed E-state index contributed by atoms with van der Waals surface area (Å²) in [6.45, 7) is 2.40. The molecule has 1 aliphatic rings. The predicted octanol–water partition coefficient (Wildman–Crippen LogP) is 4.17. The summed E-state index contributed by atoms with van der Waals surface area (Å²) in [5.41, 5.74) is 2.59. The van der Waals surface area contributed by atoms with Gasteiger partial charge in [0.25, 0.3) is 11.7 Å². The highest BCUT2D eigenvalue weighted by Gasteiger charge is 2.47. The molecule has 1 atom stereocenters. The number of amides is 1. The average Bonchev–Trinajstić information content (AvgIpc) is 3.10. The van der Waals surface area contributed by atoms with Gasteiger partial charge in [0.15, 0.2) is 0 Å². The topological polar surface area (TPSA) is 83.0 Å². The Hall–Kier alpha value is -4.13. The van der Waals surface area contributed by atoms with Crippen molar-refractivity contribution in [2.75, 3.05) is 30.5 Å². The molecule has 2 heterocycles. The fourth-order valence-corrected chi connectivity index (χ4v) is 3.89. The molecule has 1 fully saturated rings. The van der Waals surface area contributed by atoms with Crippen LogP contribution < -0.4 is 14.5 Å². The minimum Gasteiger partial charge on any atom is -0.507 e. The summed E-state index contributed by atoms with van der Waals surface area (Å²) in [5.74, 6) is -1.03. The van der Waals surface area contributed by atoms with Crippen LogP contribution in [0.2, 0.25) is 0 Å². The molecule has 1 amide bonds. The summed E-state index contributed by atoms with van der Waals surface area (Å²) in [6, 6.07) is 16.8. The normalized spacial score (nSPS) is 17.3. The number of aliphatic hydroxyl groups is 1. The Labute approximate surface area is 192 Å². The lowest BCUT2D eigenvalue weighted by Gasteiger charge is -2.25. The van der Waals surface area contributed by atoms with Crippen molar-refractivity contribution in [2.24, 2.45) is 0 Å². The number of anilines is 2. The lowest BCUT2D eigenvalue weighted by atomic mass is 9.96. The monoisotopic (exact) mass is 443 g/mol. The van der Waals surface area contributed by atoms with Gasteiger partial charge in [-0.05, 0) is 67.1 Å². The number of ether oxygens (including phenoxy) is 1. The minimum atomic E-state index is -0.810. The number of hydrogen-bond acceptors (Lipinski definition) is 6. The van der Waals surface area contributed by atoms with Crippen molar-refractivity contribution >= 4 is 28.8 Å². The number of hydrogen-bond donors (Lipinski definition) is 1. The van der Waals surface area contributed by atoms with Gasteiger partial charge in [-0.2, -0.15) is 0 Å². The van der Waals surface area contributed by atoms with Crippen molar-refractivity contribution in [1.82, 2.24) is 4.98 Å². The molecule has 7 heteroatoms. The Kier molecular flexibility index (Phi) is 6.13. The van der Waals surface area contributed by atoms with Crippen molar-refractivity contribution in [3.63, 3.8) is 0 Å². The summed E-state index contributed by atoms with van der Waals surface area (Å²) in [4.78, 5) is 33.9. The number of carbonyl (C=O) groups is 2. The van der Waals surface area contributed by atoms with Crippen molar-refractivity contribution in [3.05, 3.63) is 89.8 Å². The third-order valence-corrected chi connectivity index (χ3v) is 5.53. The molecule has 1 N–H and O–H groups in total. The quantitative estimate of drug-likeness (QED) is 0.350. The first-order chi connectivity index (χ1) is 15.9. The van der Waals surface area contributed by atoms with Gasteiger partial charge in [0.1, 0.15) is 11.5 Å². The molecule has 1 aliphatic heterocycles. The second kappa shape index (κ2) is 9.16. The number of carbonyl (C=O) groups excluding carboxylic acids is 2. The minimum absolute atomic E-state index is 0.0221. The molecule has 0 bridgehead atoms. The van der Waals surface area contributed by atoms with E-state index in [0.717, 1.165) is 5.69 Å². The zero-order chi connectivity index (χ0) is 23.5. The maximum absolute atomic E-state index is 13.2. The first kappa shape index (κ1) is 22.1. The highest BCUT2D eigenvalue weighted by atomic mass is 16.5. The van der Waals surface area contributed by atoms with E-state index in [-0.39, 0.29) is 11.3 Å². The SMILES string of the molecule is CCOc1ccc(/C(O)=C2\C(=O)C(=O)N(c3ccc(N(C)C)cc3)C2c2cccnc2)cc1. The molecule has 4 rings (SSSR count). The molecule has 3 aromatic rings. The highest BCUT2D eigenvalue weighted by Crippen LogP contribution is 2.42. The highest BCUT2D eigenvalue weighted by molar-refractivity contribution is 6.51. The second-order valence-electron chi connectivity index (χ2n) is 7.82. The molecule has 0 aliphatic carbocycles. The van der Waals surface area contributed by atoms with E-state index in [4.69, 9.17) is 4.74 Å². The van der Waals surface area contributed by atoms with Gasteiger partial charge in [-0.15, -0.1) is 0 Å². The van der Waals surface area contributed by atoms with E-state index < -0.39 is 17.7 Å². The number of rotatable bonds is 6. The van der Waals surface area contributed by atoms with E-state index in [1.807, 2.05) is 38.1 Å².